The minimum atomic E-state index is -1.60. The zero-order valence-corrected chi connectivity index (χ0v) is 27.7. The van der Waals surface area contributed by atoms with Gasteiger partial charge in [0.1, 0.15) is 30.7 Å². The molecule has 5 atom stereocenters. The average molecular weight is 719 g/mol. The first kappa shape index (κ1) is 44.9. The second-order valence-corrected chi connectivity index (χ2v) is 10.8. The number of hydrogen-bond donors (Lipinski definition) is 14. The average Bonchev–Trinajstić information content (AvgIpc) is 3.06. The number of nitrogens with zero attached hydrogens (tertiary/aromatic N) is 1. The number of carbonyl (C=O) groups excluding carboxylic acids is 7. The molecular formula is C27H50N12O11. The van der Waals surface area contributed by atoms with Crippen LogP contribution in [0.3, 0.4) is 0 Å². The van der Waals surface area contributed by atoms with Crippen LogP contribution in [-0.4, -0.2) is 145 Å². The van der Waals surface area contributed by atoms with E-state index in [0.717, 1.165) is 0 Å². The van der Waals surface area contributed by atoms with Gasteiger partial charge >= 0.3 is 5.97 Å². The van der Waals surface area contributed by atoms with Gasteiger partial charge in [0.15, 0.2) is 5.96 Å². The molecule has 0 radical (unpaired) electrons. The highest BCUT2D eigenvalue weighted by molar-refractivity contribution is 5.96. The Labute approximate surface area is 287 Å². The van der Waals surface area contributed by atoms with Gasteiger partial charge in [0.2, 0.25) is 41.4 Å². The van der Waals surface area contributed by atoms with E-state index in [1.54, 1.807) is 0 Å². The molecule has 23 heteroatoms. The third kappa shape index (κ3) is 19.6. The molecule has 0 bridgehead atoms. The molecule has 0 aliphatic heterocycles. The molecule has 284 valence electrons. The second kappa shape index (κ2) is 24.9. The summed E-state index contributed by atoms with van der Waals surface area (Å²) in [5.41, 5.74) is 21.3. The third-order valence-corrected chi connectivity index (χ3v) is 6.54. The Bertz CT molecular complexity index is 1200. The Morgan fingerprint density at radius 3 is 1.70 bits per heavy atom. The molecule has 7 amide bonds. The van der Waals surface area contributed by atoms with Gasteiger partial charge in [0.05, 0.1) is 32.3 Å². The van der Waals surface area contributed by atoms with Crippen molar-refractivity contribution in [2.75, 3.05) is 45.9 Å². The number of aliphatic hydroxyl groups excluding tert-OH is 2. The molecule has 0 aliphatic carbocycles. The van der Waals surface area contributed by atoms with Crippen LogP contribution in [-0.2, 0) is 38.4 Å². The van der Waals surface area contributed by atoms with Crippen LogP contribution in [0.2, 0.25) is 0 Å². The van der Waals surface area contributed by atoms with Crippen molar-refractivity contribution in [2.24, 2.45) is 27.9 Å². The number of hydrogen-bond acceptors (Lipinski definition) is 13. The maximum absolute atomic E-state index is 13.1. The number of unbranched alkanes of at least 4 members (excludes halogenated alkanes) is 1. The highest BCUT2D eigenvalue weighted by Gasteiger charge is 2.31. The van der Waals surface area contributed by atoms with Gasteiger partial charge in [-0.3, -0.25) is 43.3 Å². The molecule has 0 aromatic heterocycles. The number of carboxylic acid groups (broad SMARTS) is 1. The molecule has 0 saturated heterocycles. The minimum Gasteiger partial charge on any atom is -0.480 e. The number of nitrogens with one attached hydrogen (secondary N) is 7. The van der Waals surface area contributed by atoms with E-state index in [-0.39, 0.29) is 38.3 Å². The van der Waals surface area contributed by atoms with E-state index in [2.05, 4.69) is 36.9 Å². The van der Waals surface area contributed by atoms with Crippen LogP contribution in [0.5, 0.6) is 0 Å². The topological polar surface area (TPSA) is 398 Å². The number of aliphatic carboxylic acids is 1. The molecule has 0 aromatic carbocycles. The van der Waals surface area contributed by atoms with E-state index >= 15 is 0 Å². The third-order valence-electron chi connectivity index (χ3n) is 6.54. The molecule has 0 unspecified atom stereocenters. The number of rotatable bonds is 25. The molecule has 0 aromatic rings. The van der Waals surface area contributed by atoms with Gasteiger partial charge in [-0.05, 0) is 45.6 Å². The fourth-order valence-corrected chi connectivity index (χ4v) is 3.96. The number of nitrogens with two attached hydrogens (primary N) is 4. The van der Waals surface area contributed by atoms with Gasteiger partial charge in [-0.1, -0.05) is 0 Å². The summed E-state index contributed by atoms with van der Waals surface area (Å²) in [6.07, 6.45) is -0.395. The van der Waals surface area contributed by atoms with Crippen molar-refractivity contribution in [1.82, 2.24) is 37.2 Å². The van der Waals surface area contributed by atoms with Gasteiger partial charge in [0.25, 0.3) is 0 Å². The zero-order chi connectivity index (χ0) is 38.2. The van der Waals surface area contributed by atoms with Crippen LogP contribution >= 0.6 is 0 Å². The van der Waals surface area contributed by atoms with Crippen LogP contribution in [0.1, 0.15) is 39.0 Å². The summed E-state index contributed by atoms with van der Waals surface area (Å²) >= 11 is 0. The molecule has 0 saturated carbocycles. The summed E-state index contributed by atoms with van der Waals surface area (Å²) in [5.74, 6) is -7.66. The number of aliphatic hydroxyl groups is 2. The van der Waals surface area contributed by atoms with Gasteiger partial charge in [-0.15, -0.1) is 0 Å². The van der Waals surface area contributed by atoms with Gasteiger partial charge in [0, 0.05) is 6.54 Å². The van der Waals surface area contributed by atoms with Gasteiger partial charge in [-0.2, -0.15) is 0 Å². The first-order chi connectivity index (χ1) is 23.6. The Hall–Kier alpha value is -5.13. The van der Waals surface area contributed by atoms with Crippen molar-refractivity contribution in [3.8, 4) is 0 Å². The summed E-state index contributed by atoms with van der Waals surface area (Å²) in [6, 6.07) is -5.70. The lowest BCUT2D eigenvalue weighted by Gasteiger charge is -2.25. The largest absolute Gasteiger partial charge is 0.480 e. The Kier molecular flexibility index (Phi) is 22.4. The number of guanidine groups is 1. The number of carboxylic acids is 1. The number of carbonyl (C=O) groups is 8. The van der Waals surface area contributed by atoms with Gasteiger partial charge in [-0.25, -0.2) is 0 Å². The quantitative estimate of drug-likeness (QED) is 0.0237. The summed E-state index contributed by atoms with van der Waals surface area (Å²) in [4.78, 5) is 102. The normalized spacial score (nSPS) is 13.5. The highest BCUT2D eigenvalue weighted by atomic mass is 16.4. The standard InChI is InChI=1S/C27H50N12O11/c1-14(41)22(26(50)35-12-21(45)46)39-25(49)16(6-4-8-32-27(30)31)37-20(44)11-34-23(47)17(13-40)38-24(48)15(5-2-3-7-28)36-19(43)10-33-18(42)9-29/h14-17,22,40-41H,2-13,28-29H2,1H3,(H,33,42)(H,34,47)(H,35,50)(H,36,43)(H,37,44)(H,38,48)(H,39,49)(H,45,46)(H4,30,31,32)/t14-,15+,16+,17+,22+/m1/s1. The Morgan fingerprint density at radius 1 is 0.660 bits per heavy atom. The molecule has 23 nitrogen and oxygen atoms in total. The summed E-state index contributed by atoms with van der Waals surface area (Å²) in [7, 11) is 0. The first-order valence-corrected chi connectivity index (χ1v) is 15.5. The monoisotopic (exact) mass is 718 g/mol. The summed E-state index contributed by atoms with van der Waals surface area (Å²) in [5, 5.41) is 44.3. The van der Waals surface area contributed by atoms with Crippen molar-refractivity contribution < 1.29 is 53.7 Å². The van der Waals surface area contributed by atoms with Crippen molar-refractivity contribution in [1.29, 1.82) is 0 Å². The molecular weight excluding hydrogens is 668 g/mol. The SMILES string of the molecule is C[C@@H](O)[C@H](NC(=O)[C@H](CCCN=C(N)N)NC(=O)CNC(=O)[C@H](CO)NC(=O)[C@H](CCCCN)NC(=O)CNC(=O)CN)C(=O)NCC(=O)O. The van der Waals surface area contributed by atoms with E-state index in [1.165, 1.54) is 6.92 Å². The second-order valence-electron chi connectivity index (χ2n) is 10.8. The number of aliphatic imine (C=N–C) groups is 1. The fraction of sp³-hybridized carbons (Fsp3) is 0.667. The van der Waals surface area contributed by atoms with Crippen LogP contribution in [0.15, 0.2) is 4.99 Å². The molecule has 0 spiro atoms. The molecule has 0 fully saturated rings. The Balaban J connectivity index is 5.53. The molecule has 0 aliphatic rings. The van der Waals surface area contributed by atoms with Crippen molar-refractivity contribution >= 4 is 53.3 Å². The number of amides is 7. The predicted octanol–water partition coefficient (Wildman–Crippen LogP) is -8.13. The van der Waals surface area contributed by atoms with Crippen LogP contribution in [0.25, 0.3) is 0 Å². The predicted molar refractivity (Wildman–Crippen MR) is 175 cm³/mol. The zero-order valence-electron chi connectivity index (χ0n) is 27.7. The van der Waals surface area contributed by atoms with E-state index in [9.17, 15) is 48.6 Å². The van der Waals surface area contributed by atoms with Crippen molar-refractivity contribution in [2.45, 2.75) is 69.3 Å². The maximum atomic E-state index is 13.1. The summed E-state index contributed by atoms with van der Waals surface area (Å²) < 4.78 is 0. The van der Waals surface area contributed by atoms with Crippen LogP contribution in [0, 0.1) is 0 Å². The van der Waals surface area contributed by atoms with Crippen molar-refractivity contribution in [3.05, 3.63) is 0 Å². The van der Waals surface area contributed by atoms with Gasteiger partial charge < -0.3 is 75.5 Å². The molecule has 0 heterocycles. The van der Waals surface area contributed by atoms with Crippen molar-refractivity contribution in [3.63, 3.8) is 0 Å². The minimum absolute atomic E-state index is 0.0472. The lowest BCUT2D eigenvalue weighted by Crippen LogP contribution is -2.58. The van der Waals surface area contributed by atoms with Crippen LogP contribution < -0.4 is 60.2 Å². The molecule has 0 rings (SSSR count). The van der Waals surface area contributed by atoms with E-state index in [0.29, 0.717) is 19.4 Å². The molecule has 50 heavy (non-hydrogen) atoms. The van der Waals surface area contributed by atoms with E-state index in [1.807, 2.05) is 5.32 Å². The van der Waals surface area contributed by atoms with E-state index in [4.69, 9.17) is 28.0 Å². The lowest BCUT2D eigenvalue weighted by molar-refractivity contribution is -0.139. The first-order valence-electron chi connectivity index (χ1n) is 15.5. The fourth-order valence-electron chi connectivity index (χ4n) is 3.96. The van der Waals surface area contributed by atoms with Crippen LogP contribution in [0.4, 0.5) is 0 Å². The Morgan fingerprint density at radius 2 is 1.20 bits per heavy atom. The van der Waals surface area contributed by atoms with E-state index < -0.39 is 104 Å². The highest BCUT2D eigenvalue weighted by Crippen LogP contribution is 2.04. The lowest BCUT2D eigenvalue weighted by atomic mass is 10.1. The molecule has 18 N–H and O–H groups in total. The summed E-state index contributed by atoms with van der Waals surface area (Å²) in [6.45, 7) is -1.75. The maximum Gasteiger partial charge on any atom is 0.322 e. The smallest absolute Gasteiger partial charge is 0.322 e.